The highest BCUT2D eigenvalue weighted by atomic mass is 19.4. The topological polar surface area (TPSA) is 81.7 Å². The van der Waals surface area contributed by atoms with Gasteiger partial charge in [0, 0.05) is 5.57 Å². The number of hydrogen-bond acceptors (Lipinski definition) is 5. The normalized spacial score (nSPS) is 10.4. The number of carbonyl (C=O) groups excluding carboxylic acids is 3. The van der Waals surface area contributed by atoms with E-state index in [1.54, 1.807) is 0 Å². The second kappa shape index (κ2) is 6.62. The highest BCUT2D eigenvalue weighted by Crippen LogP contribution is 2.13. The predicted octanol–water partition coefficient (Wildman–Crippen LogP) is 0.921. The number of amides is 2. The Hall–Kier alpha value is -2.06. The molecule has 0 unspecified atom stereocenters. The van der Waals surface area contributed by atoms with E-state index in [0.717, 1.165) is 5.32 Å². The molecule has 0 fully saturated rings. The van der Waals surface area contributed by atoms with Crippen LogP contribution in [0.5, 0.6) is 0 Å². The Morgan fingerprint density at radius 2 is 1.67 bits per heavy atom. The average Bonchev–Trinajstić information content (AvgIpc) is 2.22. The summed E-state index contributed by atoms with van der Waals surface area (Å²) >= 11 is 0. The molecule has 9 heteroatoms. The fourth-order valence-electron chi connectivity index (χ4n) is 0.592. The quantitative estimate of drug-likeness (QED) is 0.466. The number of alkyl carbamates (subject to hydrolysis) is 1. The highest BCUT2D eigenvalue weighted by Gasteiger charge is 2.40. The van der Waals surface area contributed by atoms with Gasteiger partial charge in [-0.25, -0.2) is 9.59 Å². The van der Waals surface area contributed by atoms with E-state index >= 15 is 0 Å². The number of halogens is 3. The molecule has 2 amide bonds. The van der Waals surface area contributed by atoms with Crippen molar-refractivity contribution in [2.24, 2.45) is 0 Å². The Bertz CT molecular complexity index is 364. The van der Waals surface area contributed by atoms with Crippen LogP contribution in [-0.4, -0.2) is 37.4 Å². The number of nitrogens with one attached hydrogen (secondary N) is 1. The Morgan fingerprint density at radius 1 is 1.17 bits per heavy atom. The van der Waals surface area contributed by atoms with Gasteiger partial charge in [-0.05, 0) is 6.92 Å². The first-order chi connectivity index (χ1) is 8.14. The van der Waals surface area contributed by atoms with E-state index in [2.05, 4.69) is 16.1 Å². The molecule has 102 valence electrons. The number of alkyl halides is 3. The lowest BCUT2D eigenvalue weighted by atomic mass is 10.4. The van der Waals surface area contributed by atoms with Gasteiger partial charge in [0.1, 0.15) is 13.2 Å². The Morgan fingerprint density at radius 3 is 2.11 bits per heavy atom. The molecular weight excluding hydrogens is 259 g/mol. The van der Waals surface area contributed by atoms with Gasteiger partial charge in [0.2, 0.25) is 0 Å². The maximum absolute atomic E-state index is 11.7. The fourth-order valence-corrected chi connectivity index (χ4v) is 0.592. The van der Waals surface area contributed by atoms with E-state index in [4.69, 9.17) is 0 Å². The van der Waals surface area contributed by atoms with Crippen molar-refractivity contribution in [3.63, 3.8) is 0 Å². The first-order valence-corrected chi connectivity index (χ1v) is 4.52. The van der Waals surface area contributed by atoms with Crippen molar-refractivity contribution in [2.45, 2.75) is 13.1 Å². The van der Waals surface area contributed by atoms with E-state index < -0.39 is 30.8 Å². The van der Waals surface area contributed by atoms with Crippen LogP contribution >= 0.6 is 0 Å². The summed E-state index contributed by atoms with van der Waals surface area (Å²) < 4.78 is 43.7. The van der Waals surface area contributed by atoms with Gasteiger partial charge in [0.25, 0.3) is 0 Å². The number of carbonyl (C=O) groups is 3. The number of rotatable bonds is 4. The SMILES string of the molecule is C=C(C)C(=O)OCCOC(=O)NC(=O)C(F)(F)F. The third-order valence-corrected chi connectivity index (χ3v) is 1.37. The highest BCUT2D eigenvalue weighted by molar-refractivity contribution is 5.94. The van der Waals surface area contributed by atoms with Crippen molar-refractivity contribution in [1.29, 1.82) is 0 Å². The standard InChI is InChI=1S/C9H10F3NO5/c1-5(2)6(14)17-3-4-18-8(16)13-7(15)9(10,11)12/h1,3-4H2,2H3,(H,13,15,16). The van der Waals surface area contributed by atoms with Crippen molar-refractivity contribution in [2.75, 3.05) is 13.2 Å². The van der Waals surface area contributed by atoms with Crippen molar-refractivity contribution < 1.29 is 37.0 Å². The third-order valence-electron chi connectivity index (χ3n) is 1.37. The lowest BCUT2D eigenvalue weighted by molar-refractivity contribution is -0.172. The monoisotopic (exact) mass is 269 g/mol. The fraction of sp³-hybridized carbons (Fsp3) is 0.444. The molecule has 0 bridgehead atoms. The summed E-state index contributed by atoms with van der Waals surface area (Å²) in [5, 5.41) is 0.948. The first kappa shape index (κ1) is 15.9. The molecule has 1 N–H and O–H groups in total. The number of hydrogen-bond donors (Lipinski definition) is 1. The van der Waals surface area contributed by atoms with Gasteiger partial charge in [-0.15, -0.1) is 0 Å². The van der Waals surface area contributed by atoms with E-state index in [0.29, 0.717) is 0 Å². The summed E-state index contributed by atoms with van der Waals surface area (Å²) in [6.07, 6.45) is -6.76. The molecular formula is C9H10F3NO5. The lowest BCUT2D eigenvalue weighted by Gasteiger charge is -2.08. The zero-order chi connectivity index (χ0) is 14.3. The molecule has 0 aliphatic heterocycles. The van der Waals surface area contributed by atoms with Crippen LogP contribution in [0.1, 0.15) is 6.92 Å². The molecule has 0 atom stereocenters. The predicted molar refractivity (Wildman–Crippen MR) is 51.3 cm³/mol. The molecule has 0 rings (SSSR count). The maximum atomic E-state index is 11.7. The number of imide groups is 1. The van der Waals surface area contributed by atoms with Gasteiger partial charge in [-0.1, -0.05) is 6.58 Å². The molecule has 0 aromatic rings. The van der Waals surface area contributed by atoms with Crippen LogP contribution in [0, 0.1) is 0 Å². The Kier molecular flexibility index (Phi) is 5.86. The van der Waals surface area contributed by atoms with E-state index in [9.17, 15) is 27.6 Å². The number of ether oxygens (including phenoxy) is 2. The molecule has 0 radical (unpaired) electrons. The smallest absolute Gasteiger partial charge is 0.459 e. The Labute approximate surface area is 99.7 Å². The average molecular weight is 269 g/mol. The van der Waals surface area contributed by atoms with Crippen LogP contribution in [0.25, 0.3) is 0 Å². The zero-order valence-electron chi connectivity index (χ0n) is 9.30. The molecule has 0 aliphatic rings. The maximum Gasteiger partial charge on any atom is 0.471 e. The van der Waals surface area contributed by atoms with E-state index in [-0.39, 0.29) is 12.2 Å². The summed E-state index contributed by atoms with van der Waals surface area (Å²) in [5.74, 6) is -3.17. The van der Waals surface area contributed by atoms with E-state index in [1.807, 2.05) is 0 Å². The summed E-state index contributed by atoms with van der Waals surface area (Å²) in [7, 11) is 0. The molecule has 0 saturated carbocycles. The summed E-state index contributed by atoms with van der Waals surface area (Å²) in [4.78, 5) is 31.8. The molecule has 18 heavy (non-hydrogen) atoms. The van der Waals surface area contributed by atoms with E-state index in [1.165, 1.54) is 6.92 Å². The molecule has 0 aromatic carbocycles. The van der Waals surface area contributed by atoms with Crippen LogP contribution in [0.4, 0.5) is 18.0 Å². The largest absolute Gasteiger partial charge is 0.471 e. The second-order valence-corrected chi connectivity index (χ2v) is 3.00. The van der Waals surface area contributed by atoms with Gasteiger partial charge in [-0.2, -0.15) is 13.2 Å². The molecule has 6 nitrogen and oxygen atoms in total. The van der Waals surface area contributed by atoms with Crippen LogP contribution < -0.4 is 5.32 Å². The molecule has 0 heterocycles. The minimum absolute atomic E-state index is 0.117. The van der Waals surface area contributed by atoms with Crippen molar-refractivity contribution >= 4 is 18.0 Å². The van der Waals surface area contributed by atoms with Gasteiger partial charge in [-0.3, -0.25) is 10.1 Å². The van der Waals surface area contributed by atoms with Gasteiger partial charge in [0.05, 0.1) is 0 Å². The minimum Gasteiger partial charge on any atom is -0.459 e. The van der Waals surface area contributed by atoms with Crippen molar-refractivity contribution in [1.82, 2.24) is 5.32 Å². The van der Waals surface area contributed by atoms with Gasteiger partial charge in [0.15, 0.2) is 0 Å². The molecule has 0 aliphatic carbocycles. The minimum atomic E-state index is -5.18. The Balaban J connectivity index is 3.83. The van der Waals surface area contributed by atoms with Gasteiger partial charge < -0.3 is 9.47 Å². The van der Waals surface area contributed by atoms with Crippen molar-refractivity contribution in [3.05, 3.63) is 12.2 Å². The van der Waals surface area contributed by atoms with Gasteiger partial charge >= 0.3 is 24.1 Å². The summed E-state index contributed by atoms with van der Waals surface area (Å²) in [6, 6.07) is 0. The number of esters is 1. The third kappa shape index (κ3) is 6.51. The molecule has 0 spiro atoms. The first-order valence-electron chi connectivity index (χ1n) is 4.52. The second-order valence-electron chi connectivity index (χ2n) is 3.00. The lowest BCUT2D eigenvalue weighted by Crippen LogP contribution is -2.41. The van der Waals surface area contributed by atoms with Crippen LogP contribution in [-0.2, 0) is 19.1 Å². The molecule has 0 aromatic heterocycles. The summed E-state index contributed by atoms with van der Waals surface area (Å²) in [5.41, 5.74) is 0.117. The van der Waals surface area contributed by atoms with Crippen LogP contribution in [0.2, 0.25) is 0 Å². The van der Waals surface area contributed by atoms with Crippen LogP contribution in [0.15, 0.2) is 12.2 Å². The van der Waals surface area contributed by atoms with Crippen LogP contribution in [0.3, 0.4) is 0 Å². The van der Waals surface area contributed by atoms with Crippen molar-refractivity contribution in [3.8, 4) is 0 Å². The molecule has 0 saturated heterocycles. The zero-order valence-corrected chi connectivity index (χ0v) is 9.30. The summed E-state index contributed by atoms with van der Waals surface area (Å²) in [6.45, 7) is 3.81.